The van der Waals surface area contributed by atoms with Crippen molar-refractivity contribution in [2.75, 3.05) is 25.0 Å². The van der Waals surface area contributed by atoms with Gasteiger partial charge in [-0.3, -0.25) is 14.4 Å². The van der Waals surface area contributed by atoms with Gasteiger partial charge in [-0.25, -0.2) is 4.39 Å². The van der Waals surface area contributed by atoms with Crippen LogP contribution in [0.4, 0.5) is 10.1 Å². The van der Waals surface area contributed by atoms with Crippen molar-refractivity contribution in [3.05, 3.63) is 89.7 Å². The van der Waals surface area contributed by atoms with E-state index in [1.54, 1.807) is 66.7 Å². The number of rotatable bonds is 3. The van der Waals surface area contributed by atoms with E-state index in [9.17, 15) is 23.9 Å². The third-order valence-electron chi connectivity index (χ3n) is 6.30. The topological polar surface area (TPSA) is 90.0 Å². The Morgan fingerprint density at radius 1 is 0.971 bits per heavy atom. The highest BCUT2D eigenvalue weighted by Gasteiger charge is 2.41. The van der Waals surface area contributed by atoms with Gasteiger partial charge in [0.25, 0.3) is 11.8 Å². The Morgan fingerprint density at radius 3 is 2.47 bits per heavy atom. The smallest absolute Gasteiger partial charge is 0.256 e. The van der Waals surface area contributed by atoms with Crippen LogP contribution < -0.4 is 5.32 Å². The fourth-order valence-corrected chi connectivity index (χ4v) is 4.47. The molecule has 2 heterocycles. The molecule has 0 bridgehead atoms. The number of hydrogen-bond donors (Lipinski definition) is 2. The van der Waals surface area contributed by atoms with Crippen LogP contribution in [0.1, 0.15) is 22.0 Å². The van der Waals surface area contributed by atoms with Gasteiger partial charge in [0.15, 0.2) is 6.10 Å². The molecule has 34 heavy (non-hydrogen) atoms. The van der Waals surface area contributed by atoms with Crippen molar-refractivity contribution < 1.29 is 23.9 Å². The van der Waals surface area contributed by atoms with Gasteiger partial charge in [-0.1, -0.05) is 54.6 Å². The number of aliphatic hydroxyl groups is 1. The molecule has 7 nitrogen and oxygen atoms in total. The van der Waals surface area contributed by atoms with Gasteiger partial charge >= 0.3 is 0 Å². The number of anilines is 1. The molecule has 3 aromatic carbocycles. The molecule has 5 rings (SSSR count). The summed E-state index contributed by atoms with van der Waals surface area (Å²) in [5.74, 6) is -1.71. The highest BCUT2D eigenvalue weighted by Crippen LogP contribution is 2.31. The quantitative estimate of drug-likeness (QED) is 0.630. The first-order valence-corrected chi connectivity index (χ1v) is 11.0. The Hall–Kier alpha value is -4.04. The molecule has 3 amide bonds. The van der Waals surface area contributed by atoms with Crippen molar-refractivity contribution >= 4 is 23.4 Å². The van der Waals surface area contributed by atoms with Gasteiger partial charge < -0.3 is 20.2 Å². The number of fused-ring (bicyclic) bond motifs is 2. The highest BCUT2D eigenvalue weighted by molar-refractivity contribution is 6.10. The summed E-state index contributed by atoms with van der Waals surface area (Å²) in [6, 6.07) is 18.8. The number of aliphatic hydroxyl groups excluding tert-OH is 1. The van der Waals surface area contributed by atoms with Crippen LogP contribution in [-0.2, 0) is 9.59 Å². The first-order valence-electron chi connectivity index (χ1n) is 11.0. The maximum atomic E-state index is 14.3. The summed E-state index contributed by atoms with van der Waals surface area (Å²) in [7, 11) is 0. The van der Waals surface area contributed by atoms with E-state index in [1.165, 1.54) is 15.9 Å². The van der Waals surface area contributed by atoms with Crippen molar-refractivity contribution in [1.29, 1.82) is 0 Å². The maximum absolute atomic E-state index is 14.3. The van der Waals surface area contributed by atoms with Crippen LogP contribution in [0.25, 0.3) is 11.1 Å². The van der Waals surface area contributed by atoms with Gasteiger partial charge in [-0.2, -0.15) is 0 Å². The molecule has 0 unspecified atom stereocenters. The Labute approximate surface area is 195 Å². The van der Waals surface area contributed by atoms with E-state index in [2.05, 4.69) is 5.32 Å². The normalized spacial score (nSPS) is 18.5. The number of piperazine rings is 1. The number of halogens is 1. The molecule has 0 spiro atoms. The second-order valence-electron chi connectivity index (χ2n) is 8.34. The lowest BCUT2D eigenvalue weighted by Crippen LogP contribution is -2.60. The zero-order valence-corrected chi connectivity index (χ0v) is 18.1. The minimum absolute atomic E-state index is 0.0333. The second kappa shape index (κ2) is 8.72. The Morgan fingerprint density at radius 2 is 1.71 bits per heavy atom. The molecule has 0 saturated carbocycles. The summed E-state index contributed by atoms with van der Waals surface area (Å²) in [5, 5.41) is 13.3. The second-order valence-corrected chi connectivity index (χ2v) is 8.34. The number of nitrogens with one attached hydrogen (secondary N) is 1. The Bertz CT molecular complexity index is 1280. The Balaban J connectivity index is 1.40. The van der Waals surface area contributed by atoms with Crippen molar-refractivity contribution in [3.8, 4) is 11.1 Å². The van der Waals surface area contributed by atoms with Crippen molar-refractivity contribution in [2.24, 2.45) is 0 Å². The zero-order valence-electron chi connectivity index (χ0n) is 18.1. The molecule has 3 aromatic rings. The average molecular weight is 459 g/mol. The minimum Gasteiger partial charge on any atom is -0.378 e. The maximum Gasteiger partial charge on any atom is 0.256 e. The van der Waals surface area contributed by atoms with Crippen LogP contribution in [0.5, 0.6) is 0 Å². The summed E-state index contributed by atoms with van der Waals surface area (Å²) in [6.45, 7) is 0.280. The molecular weight excluding hydrogens is 437 g/mol. The van der Waals surface area contributed by atoms with E-state index in [1.807, 2.05) is 0 Å². The number of benzene rings is 3. The molecule has 0 radical (unpaired) electrons. The van der Waals surface area contributed by atoms with Crippen LogP contribution in [-0.4, -0.2) is 58.3 Å². The van der Waals surface area contributed by atoms with E-state index in [0.717, 1.165) is 0 Å². The van der Waals surface area contributed by atoms with Gasteiger partial charge in [0.2, 0.25) is 5.91 Å². The van der Waals surface area contributed by atoms with Crippen LogP contribution in [0.15, 0.2) is 72.8 Å². The average Bonchev–Trinajstić information content (AvgIpc) is 2.97. The molecule has 8 heteroatoms. The molecular formula is C26H22FN3O4. The number of carbonyl (C=O) groups excluding carboxylic acids is 3. The fourth-order valence-electron chi connectivity index (χ4n) is 4.47. The van der Waals surface area contributed by atoms with Crippen LogP contribution in [0.3, 0.4) is 0 Å². The third-order valence-corrected chi connectivity index (χ3v) is 6.30. The zero-order chi connectivity index (χ0) is 23.8. The van der Waals surface area contributed by atoms with Gasteiger partial charge in [0, 0.05) is 18.7 Å². The summed E-state index contributed by atoms with van der Waals surface area (Å²) in [5.41, 5.74) is 1.95. The lowest BCUT2D eigenvalue weighted by Gasteiger charge is -2.40. The number of hydrogen-bond acceptors (Lipinski definition) is 4. The predicted molar refractivity (Wildman–Crippen MR) is 123 cm³/mol. The third kappa shape index (κ3) is 3.82. The highest BCUT2D eigenvalue weighted by atomic mass is 19.1. The molecule has 1 saturated heterocycles. The minimum atomic E-state index is -1.35. The molecule has 0 aromatic heterocycles. The molecule has 1 fully saturated rings. The summed E-state index contributed by atoms with van der Waals surface area (Å²) in [4.78, 5) is 42.2. The first kappa shape index (κ1) is 21.8. The molecule has 2 aliphatic heterocycles. The van der Waals surface area contributed by atoms with E-state index in [4.69, 9.17) is 0 Å². The lowest BCUT2D eigenvalue weighted by atomic mass is 10.0. The lowest BCUT2D eigenvalue weighted by molar-refractivity contribution is -0.144. The van der Waals surface area contributed by atoms with Gasteiger partial charge in [-0.15, -0.1) is 0 Å². The van der Waals surface area contributed by atoms with E-state index in [-0.39, 0.29) is 31.1 Å². The van der Waals surface area contributed by atoms with E-state index >= 15 is 0 Å². The first-order chi connectivity index (χ1) is 16.4. The molecule has 2 aliphatic rings. The molecule has 2 atom stereocenters. The van der Waals surface area contributed by atoms with Crippen LogP contribution in [0.2, 0.25) is 0 Å². The summed E-state index contributed by atoms with van der Waals surface area (Å²) < 4.78 is 14.3. The van der Waals surface area contributed by atoms with E-state index < -0.39 is 29.8 Å². The van der Waals surface area contributed by atoms with Gasteiger partial charge in [0.05, 0.1) is 17.8 Å². The molecule has 2 N–H and O–H groups in total. The predicted octanol–water partition coefficient (Wildman–Crippen LogP) is 2.83. The van der Waals surface area contributed by atoms with Crippen molar-refractivity contribution in [1.82, 2.24) is 9.80 Å². The number of amides is 3. The monoisotopic (exact) mass is 459 g/mol. The standard InChI is InChI=1S/C26H22FN3O4/c27-20-9-5-4-8-18(20)17-10-11-21-19(14-17)25(33)30-13-12-29(15-22(30)24(32)28-21)26(34)23(31)16-6-2-1-3-7-16/h1-11,14,22-23,31H,12-13,15H2,(H,28,32)/t22-,23+/m1/s1. The Kier molecular flexibility index (Phi) is 5.59. The largest absolute Gasteiger partial charge is 0.378 e. The van der Waals surface area contributed by atoms with Gasteiger partial charge in [0.1, 0.15) is 11.9 Å². The molecule has 172 valence electrons. The van der Waals surface area contributed by atoms with Crippen molar-refractivity contribution in [2.45, 2.75) is 12.1 Å². The molecule has 0 aliphatic carbocycles. The van der Waals surface area contributed by atoms with E-state index in [0.29, 0.717) is 22.4 Å². The van der Waals surface area contributed by atoms with Crippen molar-refractivity contribution in [3.63, 3.8) is 0 Å². The number of carbonyl (C=O) groups is 3. The van der Waals surface area contributed by atoms with Crippen LogP contribution >= 0.6 is 0 Å². The SMILES string of the molecule is O=C1Nc2ccc(-c3ccccc3F)cc2C(=O)N2CCN(C(=O)[C@@H](O)c3ccccc3)C[C@H]12. The summed E-state index contributed by atoms with van der Waals surface area (Å²) in [6.07, 6.45) is -1.35. The summed E-state index contributed by atoms with van der Waals surface area (Å²) >= 11 is 0. The fraction of sp³-hybridized carbons (Fsp3) is 0.192. The van der Waals surface area contributed by atoms with Gasteiger partial charge in [-0.05, 0) is 29.3 Å². The van der Waals surface area contributed by atoms with Crippen LogP contribution in [0, 0.1) is 5.82 Å². The number of nitrogens with zero attached hydrogens (tertiary/aromatic N) is 2.